The van der Waals surface area contributed by atoms with E-state index in [4.69, 9.17) is 0 Å². The van der Waals surface area contributed by atoms with Crippen LogP contribution in [0.5, 0.6) is 0 Å². The zero-order chi connectivity index (χ0) is 23.5. The van der Waals surface area contributed by atoms with Gasteiger partial charge >= 0.3 is 0 Å². The van der Waals surface area contributed by atoms with Crippen LogP contribution < -0.4 is 10.2 Å². The van der Waals surface area contributed by atoms with Crippen LogP contribution in [0.15, 0.2) is 59.5 Å². The third kappa shape index (κ3) is 4.83. The summed E-state index contributed by atoms with van der Waals surface area (Å²) in [5.41, 5.74) is -1.37. The number of hydrogen-bond donors (Lipinski definition) is 1. The molecule has 1 saturated heterocycles. The molecule has 1 atom stereocenters. The van der Waals surface area contributed by atoms with Gasteiger partial charge in [-0.05, 0) is 49.6 Å². The number of benzene rings is 2. The molecule has 0 saturated carbocycles. The molecule has 0 aromatic heterocycles. The first kappa shape index (κ1) is 23.9. The lowest BCUT2D eigenvalue weighted by molar-refractivity contribution is -0.132. The van der Waals surface area contributed by atoms with Gasteiger partial charge in [-0.15, -0.1) is 0 Å². The maximum absolute atomic E-state index is 13.9. The van der Waals surface area contributed by atoms with Crippen LogP contribution in [0.3, 0.4) is 0 Å². The molecule has 1 fully saturated rings. The molecule has 1 N–H and O–H groups in total. The van der Waals surface area contributed by atoms with Crippen LogP contribution >= 0.6 is 0 Å². The van der Waals surface area contributed by atoms with E-state index in [1.54, 1.807) is 18.2 Å². The average molecular weight is 462 g/mol. The van der Waals surface area contributed by atoms with Gasteiger partial charge in [-0.2, -0.15) is 4.31 Å². The maximum atomic E-state index is 13.9. The molecule has 32 heavy (non-hydrogen) atoms. The number of rotatable bonds is 7. The van der Waals surface area contributed by atoms with E-state index < -0.39 is 39.7 Å². The Morgan fingerprint density at radius 1 is 1.16 bits per heavy atom. The first-order valence-electron chi connectivity index (χ1n) is 10.5. The lowest BCUT2D eigenvalue weighted by atomic mass is 9.94. The van der Waals surface area contributed by atoms with Crippen LogP contribution in [0.25, 0.3) is 0 Å². The van der Waals surface area contributed by atoms with E-state index in [-0.39, 0.29) is 17.1 Å². The van der Waals surface area contributed by atoms with E-state index in [1.807, 2.05) is 13.8 Å². The van der Waals surface area contributed by atoms with E-state index in [1.165, 1.54) is 48.2 Å². The number of carbonyl (C=O) groups is 2. The van der Waals surface area contributed by atoms with Gasteiger partial charge in [-0.1, -0.05) is 38.1 Å². The fraction of sp³-hybridized carbons (Fsp3) is 0.391. The molecule has 9 heteroatoms. The number of nitrogens with one attached hydrogen (secondary N) is 1. The summed E-state index contributed by atoms with van der Waals surface area (Å²) < 4.78 is 41.4. The van der Waals surface area contributed by atoms with Crippen LogP contribution in [0.4, 0.5) is 10.1 Å². The van der Waals surface area contributed by atoms with Crippen molar-refractivity contribution in [2.75, 3.05) is 24.5 Å². The van der Waals surface area contributed by atoms with Crippen molar-refractivity contribution < 1.29 is 22.4 Å². The average Bonchev–Trinajstić information content (AvgIpc) is 2.73. The third-order valence-corrected chi connectivity index (χ3v) is 7.29. The number of hydrogen-bond acceptors (Lipinski definition) is 4. The van der Waals surface area contributed by atoms with E-state index in [0.29, 0.717) is 12.5 Å². The van der Waals surface area contributed by atoms with Gasteiger partial charge in [-0.3, -0.25) is 14.5 Å². The van der Waals surface area contributed by atoms with Crippen molar-refractivity contribution in [3.63, 3.8) is 0 Å². The Hall–Kier alpha value is -2.78. The quantitative estimate of drug-likeness (QED) is 0.687. The molecule has 0 aliphatic carbocycles. The summed E-state index contributed by atoms with van der Waals surface area (Å²) in [6, 6.07) is 13.1. The number of piperazine rings is 1. The maximum Gasteiger partial charge on any atom is 0.247 e. The number of carbonyl (C=O) groups excluding carboxylic acids is 2. The fourth-order valence-electron chi connectivity index (χ4n) is 3.76. The van der Waals surface area contributed by atoms with Gasteiger partial charge in [0, 0.05) is 18.8 Å². The number of anilines is 1. The Kier molecular flexibility index (Phi) is 7.00. The molecular weight excluding hydrogens is 433 g/mol. The normalized spacial score (nSPS) is 19.9. The molecule has 2 amide bonds. The summed E-state index contributed by atoms with van der Waals surface area (Å²) in [5.74, 6) is -1.31. The van der Waals surface area contributed by atoms with E-state index in [9.17, 15) is 22.4 Å². The Morgan fingerprint density at radius 2 is 1.84 bits per heavy atom. The van der Waals surface area contributed by atoms with Crippen molar-refractivity contribution >= 4 is 27.5 Å². The smallest absolute Gasteiger partial charge is 0.247 e. The van der Waals surface area contributed by atoms with Crippen LogP contribution in [0, 0.1) is 11.7 Å². The molecule has 1 heterocycles. The largest absolute Gasteiger partial charge is 0.354 e. The molecule has 0 radical (unpaired) electrons. The van der Waals surface area contributed by atoms with Crippen molar-refractivity contribution in [3.05, 3.63) is 60.4 Å². The molecule has 7 nitrogen and oxygen atoms in total. The fourth-order valence-corrected chi connectivity index (χ4v) is 5.26. The summed E-state index contributed by atoms with van der Waals surface area (Å²) in [7, 11) is -4.02. The second-order valence-corrected chi connectivity index (χ2v) is 10.4. The Labute approximate surface area is 188 Å². The Balaban J connectivity index is 2.01. The highest BCUT2D eigenvalue weighted by Gasteiger charge is 2.51. The molecule has 0 spiro atoms. The van der Waals surface area contributed by atoms with Crippen molar-refractivity contribution in [2.24, 2.45) is 5.92 Å². The Bertz CT molecular complexity index is 1090. The minimum atomic E-state index is -4.02. The predicted octanol–water partition coefficient (Wildman–Crippen LogP) is 2.78. The zero-order valence-corrected chi connectivity index (χ0v) is 19.2. The van der Waals surface area contributed by atoms with E-state index in [0.717, 1.165) is 10.7 Å². The lowest BCUT2D eigenvalue weighted by Crippen LogP contribution is -2.70. The highest BCUT2D eigenvalue weighted by Crippen LogP contribution is 2.32. The molecule has 172 valence electrons. The van der Waals surface area contributed by atoms with Gasteiger partial charge in [0.1, 0.15) is 11.4 Å². The Morgan fingerprint density at radius 3 is 2.47 bits per heavy atom. The number of nitrogens with zero attached hydrogens (tertiary/aromatic N) is 2. The first-order chi connectivity index (χ1) is 15.1. The predicted molar refractivity (Wildman–Crippen MR) is 120 cm³/mol. The van der Waals surface area contributed by atoms with Crippen molar-refractivity contribution in [1.82, 2.24) is 9.62 Å². The van der Waals surface area contributed by atoms with E-state index >= 15 is 0 Å². The number of sulfonamides is 1. The second-order valence-electron chi connectivity index (χ2n) is 8.51. The van der Waals surface area contributed by atoms with Crippen LogP contribution in [-0.2, 0) is 19.6 Å². The zero-order valence-electron chi connectivity index (χ0n) is 18.4. The van der Waals surface area contributed by atoms with Crippen LogP contribution in [-0.4, -0.2) is 49.7 Å². The first-order valence-corrected chi connectivity index (χ1v) is 11.9. The number of amides is 2. The topological polar surface area (TPSA) is 86.8 Å². The lowest BCUT2D eigenvalue weighted by Gasteiger charge is -2.46. The minimum absolute atomic E-state index is 0.0366. The van der Waals surface area contributed by atoms with Gasteiger partial charge in [0.2, 0.25) is 21.8 Å². The van der Waals surface area contributed by atoms with Gasteiger partial charge in [0.15, 0.2) is 0 Å². The highest BCUT2D eigenvalue weighted by molar-refractivity contribution is 7.89. The number of halogens is 1. The molecule has 1 unspecified atom stereocenters. The molecule has 2 aromatic carbocycles. The van der Waals surface area contributed by atoms with Crippen molar-refractivity contribution in [1.29, 1.82) is 0 Å². The summed E-state index contributed by atoms with van der Waals surface area (Å²) in [6.07, 6.45) is 0.724. The molecule has 3 rings (SSSR count). The SMILES string of the molecule is CC(C)CCNC(=O)C1(C)CN(S(=O)(=O)c2ccccc2)CC(=O)N1c1cccc(F)c1. The van der Waals surface area contributed by atoms with Gasteiger partial charge in [0.25, 0.3) is 0 Å². The molecule has 0 bridgehead atoms. The summed E-state index contributed by atoms with van der Waals surface area (Å²) in [4.78, 5) is 27.8. The van der Waals surface area contributed by atoms with Crippen LogP contribution in [0.1, 0.15) is 27.2 Å². The van der Waals surface area contributed by atoms with Gasteiger partial charge in [0.05, 0.1) is 11.4 Å². The summed E-state index contributed by atoms with van der Waals surface area (Å²) >= 11 is 0. The van der Waals surface area contributed by atoms with Crippen molar-refractivity contribution in [2.45, 2.75) is 37.6 Å². The molecular formula is C23H28FN3O4S. The van der Waals surface area contributed by atoms with Gasteiger partial charge < -0.3 is 5.32 Å². The summed E-state index contributed by atoms with van der Waals surface area (Å²) in [6.45, 7) is 5.20. The summed E-state index contributed by atoms with van der Waals surface area (Å²) in [5, 5.41) is 2.82. The van der Waals surface area contributed by atoms with Gasteiger partial charge in [-0.25, -0.2) is 12.8 Å². The monoisotopic (exact) mass is 461 g/mol. The minimum Gasteiger partial charge on any atom is -0.354 e. The van der Waals surface area contributed by atoms with Crippen LogP contribution in [0.2, 0.25) is 0 Å². The standard InChI is InChI=1S/C23H28FN3O4S/c1-17(2)12-13-25-22(29)23(3)16-26(32(30,31)20-10-5-4-6-11-20)15-21(28)27(23)19-9-7-8-18(24)14-19/h4-11,14,17H,12-13,15-16H2,1-3H3,(H,25,29). The van der Waals surface area contributed by atoms with E-state index in [2.05, 4.69) is 5.32 Å². The second kappa shape index (κ2) is 9.38. The molecule has 1 aliphatic rings. The highest BCUT2D eigenvalue weighted by atomic mass is 32.2. The third-order valence-electron chi connectivity index (χ3n) is 5.48. The molecule has 2 aromatic rings. The molecule has 1 aliphatic heterocycles. The van der Waals surface area contributed by atoms with Crippen molar-refractivity contribution in [3.8, 4) is 0 Å².